The van der Waals surface area contributed by atoms with Gasteiger partial charge in [-0.3, -0.25) is 0 Å². The van der Waals surface area contributed by atoms with Crippen LogP contribution in [0.4, 0.5) is 0 Å². The zero-order valence-electron chi connectivity index (χ0n) is 28.6. The minimum atomic E-state index is 0.717. The van der Waals surface area contributed by atoms with Gasteiger partial charge in [0.2, 0.25) is 0 Å². The van der Waals surface area contributed by atoms with Gasteiger partial charge in [0.1, 0.15) is 0 Å². The van der Waals surface area contributed by atoms with Gasteiger partial charge >= 0.3 is 0 Å². The van der Waals surface area contributed by atoms with Gasteiger partial charge in [-0.25, -0.2) is 9.97 Å². The minimum absolute atomic E-state index is 0.717. The van der Waals surface area contributed by atoms with E-state index in [1.165, 1.54) is 55.2 Å². The van der Waals surface area contributed by atoms with Crippen LogP contribution >= 0.6 is 0 Å². The van der Waals surface area contributed by atoms with E-state index in [4.69, 9.17) is 9.97 Å². The summed E-state index contributed by atoms with van der Waals surface area (Å²) < 4.78 is 2.37. The first-order chi connectivity index (χ1) is 25.1. The van der Waals surface area contributed by atoms with E-state index >= 15 is 0 Å². The van der Waals surface area contributed by atoms with Crippen molar-refractivity contribution < 1.29 is 0 Å². The fraction of sp³-hybridized carbons (Fsp3) is 0.0417. The summed E-state index contributed by atoms with van der Waals surface area (Å²) in [5.41, 5.74) is 15.9. The molecule has 2 heterocycles. The van der Waals surface area contributed by atoms with Crippen LogP contribution in [0.25, 0.3) is 83.6 Å². The van der Waals surface area contributed by atoms with E-state index in [1.54, 1.807) is 0 Å². The molecule has 3 nitrogen and oxygen atoms in total. The van der Waals surface area contributed by atoms with Crippen LogP contribution in [0.2, 0.25) is 0 Å². The fourth-order valence-corrected chi connectivity index (χ4v) is 7.25. The van der Waals surface area contributed by atoms with Gasteiger partial charge in [0.25, 0.3) is 0 Å². The van der Waals surface area contributed by atoms with Crippen LogP contribution in [0.1, 0.15) is 11.1 Å². The molecule has 0 N–H and O–H groups in total. The predicted molar refractivity (Wildman–Crippen MR) is 213 cm³/mol. The predicted octanol–water partition coefficient (Wildman–Crippen LogP) is 12.5. The van der Waals surface area contributed by atoms with Crippen molar-refractivity contribution in [2.45, 2.75) is 13.8 Å². The molecular weight excluding hydrogens is 619 g/mol. The van der Waals surface area contributed by atoms with E-state index < -0.39 is 0 Å². The molecule has 0 spiro atoms. The Morgan fingerprint density at radius 1 is 0.373 bits per heavy atom. The first kappa shape index (κ1) is 30.5. The van der Waals surface area contributed by atoms with Crippen LogP contribution in [0.15, 0.2) is 176 Å². The molecule has 2 aromatic heterocycles. The van der Waals surface area contributed by atoms with Crippen molar-refractivity contribution in [2.24, 2.45) is 0 Å². The molecule has 0 fully saturated rings. The number of hydrogen-bond acceptors (Lipinski definition) is 2. The van der Waals surface area contributed by atoms with Gasteiger partial charge in [-0.05, 0) is 89.7 Å². The lowest BCUT2D eigenvalue weighted by Gasteiger charge is -2.13. The Kier molecular flexibility index (Phi) is 7.59. The molecule has 0 unspecified atom stereocenters. The SMILES string of the molecule is Cc1ccccc1-c1cc(-c2ccc3c(c2)c2ccccc2n3-c2ccc(-c3cc(-c4ccccc4)nc(-c4ccccc4)n3)cc2)ccc1C. The van der Waals surface area contributed by atoms with Crippen LogP contribution in [0, 0.1) is 13.8 Å². The lowest BCUT2D eigenvalue weighted by atomic mass is 9.92. The summed E-state index contributed by atoms with van der Waals surface area (Å²) >= 11 is 0. The average molecular weight is 654 g/mol. The van der Waals surface area contributed by atoms with Crippen LogP contribution in [0.5, 0.6) is 0 Å². The summed E-state index contributed by atoms with van der Waals surface area (Å²) in [5, 5.41) is 2.47. The molecular formula is C48H35N3. The first-order valence-corrected chi connectivity index (χ1v) is 17.4. The first-order valence-electron chi connectivity index (χ1n) is 17.4. The number of aromatic nitrogens is 3. The van der Waals surface area contributed by atoms with Crippen molar-refractivity contribution in [3.8, 4) is 61.8 Å². The number of rotatable bonds is 6. The summed E-state index contributed by atoms with van der Waals surface area (Å²) in [6.07, 6.45) is 0. The Morgan fingerprint density at radius 2 is 0.922 bits per heavy atom. The van der Waals surface area contributed by atoms with E-state index in [-0.39, 0.29) is 0 Å². The van der Waals surface area contributed by atoms with Crippen LogP contribution in [-0.4, -0.2) is 14.5 Å². The molecule has 0 saturated carbocycles. The largest absolute Gasteiger partial charge is 0.309 e. The molecule has 7 aromatic carbocycles. The highest BCUT2D eigenvalue weighted by atomic mass is 15.0. The number of para-hydroxylation sites is 1. The van der Waals surface area contributed by atoms with Gasteiger partial charge in [-0.2, -0.15) is 0 Å². The van der Waals surface area contributed by atoms with Gasteiger partial charge in [-0.15, -0.1) is 0 Å². The monoisotopic (exact) mass is 653 g/mol. The quantitative estimate of drug-likeness (QED) is 0.179. The van der Waals surface area contributed by atoms with Crippen LogP contribution < -0.4 is 0 Å². The van der Waals surface area contributed by atoms with Crippen molar-refractivity contribution in [1.29, 1.82) is 0 Å². The van der Waals surface area contributed by atoms with E-state index in [1.807, 2.05) is 36.4 Å². The van der Waals surface area contributed by atoms with Crippen molar-refractivity contribution >= 4 is 21.8 Å². The molecule has 0 aliphatic rings. The van der Waals surface area contributed by atoms with E-state index in [0.29, 0.717) is 5.82 Å². The van der Waals surface area contributed by atoms with Crippen molar-refractivity contribution in [3.63, 3.8) is 0 Å². The average Bonchev–Trinajstić information content (AvgIpc) is 3.53. The van der Waals surface area contributed by atoms with E-state index in [9.17, 15) is 0 Å². The van der Waals surface area contributed by atoms with E-state index in [2.05, 4.69) is 158 Å². The van der Waals surface area contributed by atoms with Crippen LogP contribution in [0.3, 0.4) is 0 Å². The number of aryl methyl sites for hydroxylation is 2. The van der Waals surface area contributed by atoms with Crippen LogP contribution in [-0.2, 0) is 0 Å². The molecule has 0 radical (unpaired) electrons. The minimum Gasteiger partial charge on any atom is -0.309 e. The summed E-state index contributed by atoms with van der Waals surface area (Å²) in [7, 11) is 0. The molecule has 9 rings (SSSR count). The van der Waals surface area contributed by atoms with Gasteiger partial charge < -0.3 is 4.57 Å². The molecule has 242 valence electrons. The molecule has 9 aromatic rings. The number of fused-ring (bicyclic) bond motifs is 3. The molecule has 0 saturated heterocycles. The highest BCUT2D eigenvalue weighted by Crippen LogP contribution is 2.37. The molecule has 51 heavy (non-hydrogen) atoms. The molecule has 0 amide bonds. The maximum Gasteiger partial charge on any atom is 0.160 e. The Balaban J connectivity index is 1.13. The van der Waals surface area contributed by atoms with Gasteiger partial charge in [-0.1, -0.05) is 133 Å². The number of nitrogens with zero attached hydrogens (tertiary/aromatic N) is 3. The Morgan fingerprint density at radius 3 is 1.67 bits per heavy atom. The summed E-state index contributed by atoms with van der Waals surface area (Å²) in [4.78, 5) is 10.0. The zero-order chi connectivity index (χ0) is 34.3. The summed E-state index contributed by atoms with van der Waals surface area (Å²) in [5.74, 6) is 0.717. The van der Waals surface area contributed by atoms with Gasteiger partial charge in [0.05, 0.1) is 22.4 Å². The third-order valence-electron chi connectivity index (χ3n) is 9.93. The van der Waals surface area contributed by atoms with Crippen molar-refractivity contribution in [2.75, 3.05) is 0 Å². The molecule has 0 atom stereocenters. The maximum absolute atomic E-state index is 5.05. The van der Waals surface area contributed by atoms with Crippen molar-refractivity contribution in [3.05, 3.63) is 187 Å². The topological polar surface area (TPSA) is 30.7 Å². The molecule has 0 aliphatic heterocycles. The standard InChI is InChI=1S/C48H35N3/c1-32-13-9-10-18-40(32)42-29-37(22-21-33(42)2)38-25-28-47-43(30-38)41-19-11-12-20-46(41)51(47)39-26-23-35(24-27-39)45-31-44(34-14-5-3-6-15-34)49-48(50-45)36-16-7-4-8-17-36/h3-31H,1-2H3. The second-order valence-electron chi connectivity index (χ2n) is 13.2. The lowest BCUT2D eigenvalue weighted by molar-refractivity contribution is 1.17. The van der Waals surface area contributed by atoms with Gasteiger partial charge in [0.15, 0.2) is 5.82 Å². The number of hydrogen-bond donors (Lipinski definition) is 0. The molecule has 0 bridgehead atoms. The fourth-order valence-electron chi connectivity index (χ4n) is 7.25. The molecule has 0 aliphatic carbocycles. The lowest BCUT2D eigenvalue weighted by Crippen LogP contribution is -1.97. The Labute approximate surface area is 298 Å². The van der Waals surface area contributed by atoms with Crippen molar-refractivity contribution in [1.82, 2.24) is 14.5 Å². The Hall–Kier alpha value is -6.58. The highest BCUT2D eigenvalue weighted by Gasteiger charge is 2.16. The smallest absolute Gasteiger partial charge is 0.160 e. The second-order valence-corrected chi connectivity index (χ2v) is 13.2. The third kappa shape index (κ3) is 5.59. The normalized spacial score (nSPS) is 11.3. The van der Waals surface area contributed by atoms with Gasteiger partial charge in [0, 0.05) is 33.2 Å². The molecule has 3 heteroatoms. The summed E-state index contributed by atoms with van der Waals surface area (Å²) in [6.45, 7) is 4.38. The second kappa shape index (κ2) is 12.7. The maximum atomic E-state index is 5.05. The third-order valence-corrected chi connectivity index (χ3v) is 9.93. The number of benzene rings is 7. The summed E-state index contributed by atoms with van der Waals surface area (Å²) in [6, 6.07) is 62.4. The Bertz CT molecular complexity index is 2630. The van der Waals surface area contributed by atoms with E-state index in [0.717, 1.165) is 33.8 Å². The highest BCUT2D eigenvalue weighted by molar-refractivity contribution is 6.10. The zero-order valence-corrected chi connectivity index (χ0v) is 28.6.